The summed E-state index contributed by atoms with van der Waals surface area (Å²) in [6.45, 7) is 13.6. The molecule has 2 amide bonds. The number of allylic oxidation sites excluding steroid dienone is 2. The number of carbonyl (C=O) groups is 4. The Kier molecular flexibility index (Phi) is 12.7. The molecule has 12 nitrogen and oxygen atoms in total. The number of amides is 2. The highest BCUT2D eigenvalue weighted by atomic mass is 16.7. The van der Waals surface area contributed by atoms with E-state index in [0.29, 0.717) is 49.9 Å². The Morgan fingerprint density at radius 2 is 1.09 bits per heavy atom. The van der Waals surface area contributed by atoms with Crippen molar-refractivity contribution in [3.8, 4) is 0 Å². The third-order valence-electron chi connectivity index (χ3n) is 12.0. The van der Waals surface area contributed by atoms with Crippen molar-refractivity contribution in [2.24, 2.45) is 11.8 Å². The van der Waals surface area contributed by atoms with E-state index >= 15 is 0 Å². The van der Waals surface area contributed by atoms with E-state index in [9.17, 15) is 19.2 Å². The minimum absolute atomic E-state index is 0.0740. The number of hydrogen-bond acceptors (Lipinski definition) is 10. The van der Waals surface area contributed by atoms with Gasteiger partial charge in [0, 0.05) is 36.1 Å². The third-order valence-corrected chi connectivity index (χ3v) is 12.0. The maximum atomic E-state index is 12.4. The number of epoxide rings is 2. The minimum Gasteiger partial charge on any atom is -0.455 e. The van der Waals surface area contributed by atoms with Gasteiger partial charge in [-0.05, 0) is 89.2 Å². The summed E-state index contributed by atoms with van der Waals surface area (Å²) in [5, 5.41) is 5.72. The molecular weight excluding hydrogens is 680 g/mol. The molecule has 0 spiro atoms. The van der Waals surface area contributed by atoms with Gasteiger partial charge < -0.3 is 39.1 Å². The number of hydrogen-bond donors (Lipinski definition) is 2. The summed E-state index contributed by atoms with van der Waals surface area (Å²) in [5.41, 5.74) is 2.53. The van der Waals surface area contributed by atoms with Gasteiger partial charge in [-0.15, -0.1) is 0 Å². The summed E-state index contributed by atoms with van der Waals surface area (Å²) in [6.07, 6.45) is 15.9. The van der Waals surface area contributed by atoms with Crippen LogP contribution in [-0.2, 0) is 38.0 Å². The molecule has 4 fully saturated rings. The Morgan fingerprint density at radius 1 is 0.698 bits per heavy atom. The summed E-state index contributed by atoms with van der Waals surface area (Å²) in [7, 11) is 0. The molecule has 0 bridgehead atoms. The standard InChI is InChI=1S/C41H58N2O10/c1-26-30-18-16-28(14-12-20-40(3)34(52-40)32(30)50-36(26)44)24-48-38(46)42-22-10-8-6-5-7-9-11-23-43-39(47)49-25-29-15-13-21-41(4)35(53-41)33-31(19-17-29)27(2)37(45)51-33/h14-15,30-35H,1-2,5-13,16-25H2,3-4H3,(H,42,46)(H,43,47)/b28-14+,29-15+/t30-,31-,32-,33-,34-,35-,40+,41+/m0/s1. The number of rotatable bonds is 14. The van der Waals surface area contributed by atoms with Crippen molar-refractivity contribution in [3.05, 3.63) is 47.6 Å². The Morgan fingerprint density at radius 3 is 1.51 bits per heavy atom. The van der Waals surface area contributed by atoms with Gasteiger partial charge >= 0.3 is 24.1 Å². The first-order chi connectivity index (χ1) is 25.5. The molecule has 0 radical (unpaired) electrons. The van der Waals surface area contributed by atoms with Gasteiger partial charge in [0.1, 0.15) is 37.6 Å². The highest BCUT2D eigenvalue weighted by molar-refractivity contribution is 5.91. The first-order valence-electron chi connectivity index (χ1n) is 19.8. The molecular formula is C41H58N2O10. The molecule has 6 aliphatic rings. The predicted octanol–water partition coefficient (Wildman–Crippen LogP) is 6.68. The molecule has 8 atom stereocenters. The number of alkyl carbamates (subject to hydrolysis) is 2. The summed E-state index contributed by atoms with van der Waals surface area (Å²) < 4.78 is 34.2. The van der Waals surface area contributed by atoms with Crippen molar-refractivity contribution in [1.29, 1.82) is 0 Å². The van der Waals surface area contributed by atoms with Crippen LogP contribution in [0.25, 0.3) is 0 Å². The molecule has 0 unspecified atom stereocenters. The van der Waals surface area contributed by atoms with Gasteiger partial charge in [0.15, 0.2) is 0 Å². The second-order valence-corrected chi connectivity index (χ2v) is 16.1. The third kappa shape index (κ3) is 9.92. The second-order valence-electron chi connectivity index (χ2n) is 16.1. The lowest BCUT2D eigenvalue weighted by atomic mass is 9.84. The van der Waals surface area contributed by atoms with Crippen LogP contribution in [0.1, 0.15) is 110 Å². The van der Waals surface area contributed by atoms with Gasteiger partial charge in [0.25, 0.3) is 0 Å². The van der Waals surface area contributed by atoms with Crippen LogP contribution < -0.4 is 10.6 Å². The zero-order chi connectivity index (χ0) is 37.6. The largest absolute Gasteiger partial charge is 0.455 e. The van der Waals surface area contributed by atoms with Crippen LogP contribution in [0.2, 0.25) is 0 Å². The number of ether oxygens (including phenoxy) is 6. The van der Waals surface area contributed by atoms with Crippen molar-refractivity contribution in [2.75, 3.05) is 26.3 Å². The molecule has 4 saturated heterocycles. The predicted molar refractivity (Wildman–Crippen MR) is 196 cm³/mol. The average molecular weight is 739 g/mol. The second kappa shape index (κ2) is 17.2. The lowest BCUT2D eigenvalue weighted by Gasteiger charge is -2.20. The topological polar surface area (TPSA) is 154 Å². The molecule has 53 heavy (non-hydrogen) atoms. The van der Waals surface area contributed by atoms with Crippen LogP contribution in [0.4, 0.5) is 9.59 Å². The summed E-state index contributed by atoms with van der Waals surface area (Å²) in [6, 6.07) is 0. The van der Waals surface area contributed by atoms with Crippen LogP contribution in [0, 0.1) is 11.8 Å². The monoisotopic (exact) mass is 738 g/mol. The lowest BCUT2D eigenvalue weighted by Crippen LogP contribution is -2.29. The van der Waals surface area contributed by atoms with E-state index in [4.69, 9.17) is 28.4 Å². The molecule has 0 aromatic heterocycles. The van der Waals surface area contributed by atoms with Crippen molar-refractivity contribution in [3.63, 3.8) is 0 Å². The summed E-state index contributed by atoms with van der Waals surface area (Å²) in [5.74, 6) is -0.821. The quantitative estimate of drug-likeness (QED) is 0.0493. The Balaban J connectivity index is 0.764. The molecule has 4 heterocycles. The first kappa shape index (κ1) is 39.1. The smallest absolute Gasteiger partial charge is 0.407 e. The van der Waals surface area contributed by atoms with Gasteiger partial charge in [-0.25, -0.2) is 19.2 Å². The number of unbranched alkanes of at least 4 members (excludes halogenated alkanes) is 6. The highest BCUT2D eigenvalue weighted by Crippen LogP contribution is 2.51. The molecule has 292 valence electrons. The molecule has 0 saturated carbocycles. The maximum absolute atomic E-state index is 12.4. The van der Waals surface area contributed by atoms with Gasteiger partial charge in [-0.2, -0.15) is 0 Å². The highest BCUT2D eigenvalue weighted by Gasteiger charge is 2.62. The van der Waals surface area contributed by atoms with E-state index in [-0.39, 0.29) is 72.6 Å². The summed E-state index contributed by atoms with van der Waals surface area (Å²) >= 11 is 0. The van der Waals surface area contributed by atoms with Gasteiger partial charge in [0.2, 0.25) is 0 Å². The van der Waals surface area contributed by atoms with Crippen LogP contribution >= 0.6 is 0 Å². The van der Waals surface area contributed by atoms with Crippen molar-refractivity contribution < 1.29 is 47.6 Å². The number of esters is 2. The van der Waals surface area contributed by atoms with Crippen molar-refractivity contribution in [2.45, 2.75) is 146 Å². The molecule has 4 aliphatic heterocycles. The van der Waals surface area contributed by atoms with E-state index in [1.807, 2.05) is 0 Å². The Labute approximate surface area is 313 Å². The van der Waals surface area contributed by atoms with E-state index in [1.165, 1.54) is 0 Å². The number of fused-ring (bicyclic) bond motifs is 6. The van der Waals surface area contributed by atoms with Crippen LogP contribution in [-0.4, -0.2) is 86.0 Å². The number of carbonyl (C=O) groups excluding carboxylic acids is 4. The van der Waals surface area contributed by atoms with E-state index in [1.54, 1.807) is 0 Å². The Hall–Kier alpha value is -3.64. The van der Waals surface area contributed by atoms with Crippen molar-refractivity contribution >= 4 is 24.1 Å². The van der Waals surface area contributed by atoms with Gasteiger partial charge in [0.05, 0.1) is 11.2 Å². The zero-order valence-corrected chi connectivity index (χ0v) is 31.6. The lowest BCUT2D eigenvalue weighted by molar-refractivity contribution is -0.140. The fourth-order valence-corrected chi connectivity index (χ4v) is 8.44. The van der Waals surface area contributed by atoms with E-state index in [0.717, 1.165) is 81.8 Å². The molecule has 0 aromatic carbocycles. The molecule has 12 heteroatoms. The Bertz CT molecular complexity index is 1380. The molecule has 0 aromatic rings. The fraction of sp³-hybridized carbons (Fsp3) is 0.707. The van der Waals surface area contributed by atoms with Gasteiger partial charge in [-0.1, -0.05) is 57.4 Å². The normalized spacial score (nSPS) is 35.4. The average Bonchev–Trinajstić information content (AvgIpc) is 3.94. The number of nitrogens with one attached hydrogen (secondary N) is 2. The van der Waals surface area contributed by atoms with Crippen LogP contribution in [0.15, 0.2) is 47.6 Å². The van der Waals surface area contributed by atoms with E-state index in [2.05, 4.69) is 49.8 Å². The van der Waals surface area contributed by atoms with Crippen LogP contribution in [0.5, 0.6) is 0 Å². The van der Waals surface area contributed by atoms with Gasteiger partial charge in [-0.3, -0.25) is 0 Å². The first-order valence-corrected chi connectivity index (χ1v) is 19.8. The fourth-order valence-electron chi connectivity index (χ4n) is 8.44. The molecule has 2 aliphatic carbocycles. The maximum Gasteiger partial charge on any atom is 0.407 e. The van der Waals surface area contributed by atoms with E-state index < -0.39 is 12.2 Å². The van der Waals surface area contributed by atoms with Crippen LogP contribution in [0.3, 0.4) is 0 Å². The zero-order valence-electron chi connectivity index (χ0n) is 31.6. The summed E-state index contributed by atoms with van der Waals surface area (Å²) in [4.78, 5) is 49.1. The van der Waals surface area contributed by atoms with Crippen molar-refractivity contribution in [1.82, 2.24) is 10.6 Å². The molecule has 6 rings (SSSR count). The molecule has 2 N–H and O–H groups in total. The SMILES string of the molecule is C=C1C(=O)O[C@H]2[C@H]1CC/C(COC(=O)NCCCCCCCCCNC(=O)OC/C1=C/CC[C@@]3(C)O[C@H]3[C@H]3OC(=O)C(=C)[C@@H]3CC1)=C\CC[C@@]1(C)O[C@@H]21. The minimum atomic E-state index is -0.414.